The molecule has 20 heavy (non-hydrogen) atoms. The van der Waals surface area contributed by atoms with Crippen molar-refractivity contribution in [3.05, 3.63) is 35.1 Å². The average Bonchev–Trinajstić information content (AvgIpc) is 2.93. The maximum absolute atomic E-state index is 13.8. The van der Waals surface area contributed by atoms with Gasteiger partial charge in [0.05, 0.1) is 0 Å². The Hall–Kier alpha value is -0.930. The van der Waals surface area contributed by atoms with E-state index in [2.05, 4.69) is 18.7 Å². The molecule has 1 saturated carbocycles. The highest BCUT2D eigenvalue weighted by Crippen LogP contribution is 2.43. The normalized spacial score (nSPS) is 19.5. The van der Waals surface area contributed by atoms with Crippen LogP contribution in [0.15, 0.2) is 18.2 Å². The smallest absolute Gasteiger partial charge is 0.126 e. The van der Waals surface area contributed by atoms with Gasteiger partial charge in [0, 0.05) is 11.6 Å². The van der Waals surface area contributed by atoms with E-state index in [0.29, 0.717) is 5.56 Å². The van der Waals surface area contributed by atoms with E-state index in [9.17, 15) is 4.39 Å². The lowest BCUT2D eigenvalue weighted by molar-refractivity contribution is 0.0769. The summed E-state index contributed by atoms with van der Waals surface area (Å²) in [7, 11) is 0. The Morgan fingerprint density at radius 1 is 1.25 bits per heavy atom. The second-order valence-electron chi connectivity index (χ2n) is 5.97. The van der Waals surface area contributed by atoms with Gasteiger partial charge in [0.1, 0.15) is 5.82 Å². The zero-order valence-corrected chi connectivity index (χ0v) is 13.0. The second-order valence-corrected chi connectivity index (χ2v) is 5.97. The molecule has 0 bridgehead atoms. The average molecular weight is 278 g/mol. The lowest BCUT2D eigenvalue weighted by Crippen LogP contribution is -2.53. The minimum atomic E-state index is -0.148. The minimum Gasteiger partial charge on any atom is -0.322 e. The largest absolute Gasteiger partial charge is 0.322 e. The first-order chi connectivity index (χ1) is 9.55. The van der Waals surface area contributed by atoms with Crippen LogP contribution in [0.2, 0.25) is 0 Å². The highest BCUT2D eigenvalue weighted by atomic mass is 19.1. The fourth-order valence-corrected chi connectivity index (χ4v) is 3.78. The molecule has 0 spiro atoms. The number of nitrogens with two attached hydrogens (primary N) is 1. The molecule has 0 heterocycles. The Bertz CT molecular complexity index is 448. The predicted molar refractivity (Wildman–Crippen MR) is 82.2 cm³/mol. The summed E-state index contributed by atoms with van der Waals surface area (Å²) in [5, 5.41) is 0. The fraction of sp³-hybridized carbons (Fsp3) is 0.647. The van der Waals surface area contributed by atoms with Crippen molar-refractivity contribution in [2.45, 2.75) is 58.0 Å². The Kier molecular flexibility index (Phi) is 4.82. The summed E-state index contributed by atoms with van der Waals surface area (Å²) in [6, 6.07) is 5.35. The zero-order valence-electron chi connectivity index (χ0n) is 13.0. The quantitative estimate of drug-likeness (QED) is 0.888. The van der Waals surface area contributed by atoms with Gasteiger partial charge in [-0.05, 0) is 50.0 Å². The Labute approximate surface area is 122 Å². The summed E-state index contributed by atoms with van der Waals surface area (Å²) in [6.07, 6.45) is 4.67. The Balaban J connectivity index is 2.35. The third-order valence-corrected chi connectivity index (χ3v) is 5.00. The highest BCUT2D eigenvalue weighted by Gasteiger charge is 2.43. The van der Waals surface area contributed by atoms with Crippen LogP contribution < -0.4 is 5.73 Å². The molecule has 2 N–H and O–H groups in total. The SMILES string of the molecule is CCN(CC)C1(C(N)c2ccc(C)c(F)c2)CCCC1. The molecule has 0 saturated heterocycles. The summed E-state index contributed by atoms with van der Waals surface area (Å²) in [4.78, 5) is 2.47. The van der Waals surface area contributed by atoms with Crippen LogP contribution >= 0.6 is 0 Å². The Morgan fingerprint density at radius 2 is 1.85 bits per heavy atom. The van der Waals surface area contributed by atoms with Crippen LogP contribution in [0.5, 0.6) is 0 Å². The molecule has 0 aromatic heterocycles. The van der Waals surface area contributed by atoms with Crippen molar-refractivity contribution in [1.82, 2.24) is 4.90 Å². The molecule has 1 aromatic rings. The van der Waals surface area contributed by atoms with Gasteiger partial charge in [0.25, 0.3) is 0 Å². The number of rotatable bonds is 5. The zero-order chi connectivity index (χ0) is 14.8. The van der Waals surface area contributed by atoms with E-state index in [0.717, 1.165) is 31.5 Å². The van der Waals surface area contributed by atoms with Gasteiger partial charge in [-0.15, -0.1) is 0 Å². The second kappa shape index (κ2) is 6.23. The van der Waals surface area contributed by atoms with Gasteiger partial charge >= 0.3 is 0 Å². The van der Waals surface area contributed by atoms with Crippen molar-refractivity contribution in [3.8, 4) is 0 Å². The highest BCUT2D eigenvalue weighted by molar-refractivity contribution is 5.28. The van der Waals surface area contributed by atoms with Gasteiger partial charge < -0.3 is 5.73 Å². The first kappa shape index (κ1) is 15.5. The van der Waals surface area contributed by atoms with Crippen molar-refractivity contribution in [2.24, 2.45) is 5.73 Å². The maximum Gasteiger partial charge on any atom is 0.126 e. The standard InChI is InChI=1S/C17H27FN2/c1-4-20(5-2)17(10-6-7-11-17)16(19)14-9-8-13(3)15(18)12-14/h8-9,12,16H,4-7,10-11,19H2,1-3H3. The van der Waals surface area contributed by atoms with Gasteiger partial charge in [0.15, 0.2) is 0 Å². The van der Waals surface area contributed by atoms with Crippen molar-refractivity contribution in [2.75, 3.05) is 13.1 Å². The molecule has 1 aliphatic rings. The molecule has 0 radical (unpaired) electrons. The monoisotopic (exact) mass is 278 g/mol. The number of halogens is 1. The van der Waals surface area contributed by atoms with Gasteiger partial charge in [-0.1, -0.05) is 38.8 Å². The third kappa shape index (κ3) is 2.61. The van der Waals surface area contributed by atoms with Crippen LogP contribution in [0.3, 0.4) is 0 Å². The van der Waals surface area contributed by atoms with Gasteiger partial charge in [0.2, 0.25) is 0 Å². The molecule has 1 aliphatic carbocycles. The summed E-state index contributed by atoms with van der Waals surface area (Å²) in [5.41, 5.74) is 8.22. The van der Waals surface area contributed by atoms with Crippen molar-refractivity contribution in [3.63, 3.8) is 0 Å². The van der Waals surface area contributed by atoms with Crippen LogP contribution in [0.25, 0.3) is 0 Å². The number of nitrogens with zero attached hydrogens (tertiary/aromatic N) is 1. The van der Waals surface area contributed by atoms with Crippen molar-refractivity contribution < 1.29 is 4.39 Å². The van der Waals surface area contributed by atoms with E-state index in [1.165, 1.54) is 12.8 Å². The van der Waals surface area contributed by atoms with Crippen molar-refractivity contribution >= 4 is 0 Å². The van der Waals surface area contributed by atoms with E-state index < -0.39 is 0 Å². The van der Waals surface area contributed by atoms with Gasteiger partial charge in [-0.3, -0.25) is 4.90 Å². The number of benzene rings is 1. The van der Waals surface area contributed by atoms with Gasteiger partial charge in [-0.25, -0.2) is 4.39 Å². The first-order valence-electron chi connectivity index (χ1n) is 7.82. The number of hydrogen-bond acceptors (Lipinski definition) is 2. The number of hydrogen-bond donors (Lipinski definition) is 1. The van der Waals surface area contributed by atoms with E-state index in [1.54, 1.807) is 13.0 Å². The van der Waals surface area contributed by atoms with E-state index in [1.807, 2.05) is 12.1 Å². The number of aryl methyl sites for hydroxylation is 1. The van der Waals surface area contributed by atoms with Crippen molar-refractivity contribution in [1.29, 1.82) is 0 Å². The molecule has 112 valence electrons. The first-order valence-corrected chi connectivity index (χ1v) is 7.82. The van der Waals surface area contributed by atoms with Crippen LogP contribution in [-0.2, 0) is 0 Å². The van der Waals surface area contributed by atoms with E-state index in [4.69, 9.17) is 5.73 Å². The van der Waals surface area contributed by atoms with Gasteiger partial charge in [-0.2, -0.15) is 0 Å². The molecule has 2 nitrogen and oxygen atoms in total. The molecule has 1 unspecified atom stereocenters. The molecular weight excluding hydrogens is 251 g/mol. The summed E-state index contributed by atoms with van der Waals surface area (Å²) in [5.74, 6) is -0.148. The van der Waals surface area contributed by atoms with E-state index in [-0.39, 0.29) is 17.4 Å². The molecule has 2 rings (SSSR count). The van der Waals surface area contributed by atoms with Crippen LogP contribution in [0.4, 0.5) is 4.39 Å². The Morgan fingerprint density at radius 3 is 2.35 bits per heavy atom. The topological polar surface area (TPSA) is 29.3 Å². The lowest BCUT2D eigenvalue weighted by atomic mass is 9.82. The van der Waals surface area contributed by atoms with E-state index >= 15 is 0 Å². The molecule has 1 aromatic carbocycles. The fourth-order valence-electron chi connectivity index (χ4n) is 3.78. The molecule has 1 fully saturated rings. The molecule has 0 amide bonds. The summed E-state index contributed by atoms with van der Waals surface area (Å²) < 4.78 is 13.8. The summed E-state index contributed by atoms with van der Waals surface area (Å²) in [6.45, 7) is 8.16. The van der Waals surface area contributed by atoms with Crippen LogP contribution in [-0.4, -0.2) is 23.5 Å². The third-order valence-electron chi connectivity index (χ3n) is 5.00. The predicted octanol–water partition coefficient (Wildman–Crippen LogP) is 3.79. The minimum absolute atomic E-state index is 0.00516. The van der Waals surface area contributed by atoms with Crippen LogP contribution in [0, 0.1) is 12.7 Å². The molecule has 3 heteroatoms. The molecular formula is C17H27FN2. The number of likely N-dealkylation sites (N-methyl/N-ethyl adjacent to an activating group) is 1. The van der Waals surface area contributed by atoms with Crippen LogP contribution in [0.1, 0.15) is 56.7 Å². The lowest BCUT2D eigenvalue weighted by Gasteiger charge is -2.45. The summed E-state index contributed by atoms with van der Waals surface area (Å²) >= 11 is 0. The maximum atomic E-state index is 13.8. The molecule has 1 atom stereocenters. The molecule has 0 aliphatic heterocycles.